The van der Waals surface area contributed by atoms with E-state index in [2.05, 4.69) is 21.8 Å². The molecule has 3 N–H and O–H groups in total. The number of carbonyl (C=O) groups is 2. The lowest BCUT2D eigenvalue weighted by Gasteiger charge is -2.26. The number of hydrogen-bond acceptors (Lipinski definition) is 7. The molecular weight excluding hydrogens is 496 g/mol. The van der Waals surface area contributed by atoms with E-state index in [-0.39, 0.29) is 38.1 Å². The first-order valence-electron chi connectivity index (χ1n) is 12.6. The molecule has 1 aliphatic heterocycles. The quantitative estimate of drug-likeness (QED) is 0.322. The van der Waals surface area contributed by atoms with Gasteiger partial charge in [-0.1, -0.05) is 36.4 Å². The normalized spacial score (nSPS) is 15.7. The van der Waals surface area contributed by atoms with Gasteiger partial charge in [-0.2, -0.15) is 10.4 Å². The summed E-state index contributed by atoms with van der Waals surface area (Å²) in [5.74, 6) is -0.127. The second-order valence-electron chi connectivity index (χ2n) is 9.20. The predicted octanol–water partition coefficient (Wildman–Crippen LogP) is 2.28. The summed E-state index contributed by atoms with van der Waals surface area (Å²) in [5.41, 5.74) is 3.42. The van der Waals surface area contributed by atoms with Crippen LogP contribution in [0.25, 0.3) is 16.6 Å². The van der Waals surface area contributed by atoms with Gasteiger partial charge in [0.05, 0.1) is 47.8 Å². The summed E-state index contributed by atoms with van der Waals surface area (Å²) in [6, 6.07) is 21.0. The van der Waals surface area contributed by atoms with Crippen molar-refractivity contribution in [2.24, 2.45) is 0 Å². The van der Waals surface area contributed by atoms with E-state index in [1.165, 1.54) is 0 Å². The van der Waals surface area contributed by atoms with Crippen molar-refractivity contribution in [3.05, 3.63) is 84.1 Å². The highest BCUT2D eigenvalue weighted by atomic mass is 16.5. The average molecular weight is 525 g/mol. The number of nitrogens with zero attached hydrogens (tertiary/aromatic N) is 4. The Balaban J connectivity index is 1.49. The number of aliphatic hydroxyl groups is 1. The van der Waals surface area contributed by atoms with Gasteiger partial charge in [-0.15, -0.1) is 0 Å². The monoisotopic (exact) mass is 524 g/mol. The first-order valence-corrected chi connectivity index (χ1v) is 12.6. The van der Waals surface area contributed by atoms with Crippen LogP contribution < -0.4 is 20.3 Å². The molecule has 2 unspecified atom stereocenters. The Bertz CT molecular complexity index is 1560. The van der Waals surface area contributed by atoms with Gasteiger partial charge < -0.3 is 25.4 Å². The molecule has 0 saturated carbocycles. The van der Waals surface area contributed by atoms with E-state index >= 15 is 0 Å². The van der Waals surface area contributed by atoms with E-state index in [0.29, 0.717) is 22.7 Å². The molecule has 4 aromatic rings. The van der Waals surface area contributed by atoms with E-state index in [0.717, 1.165) is 16.5 Å². The van der Waals surface area contributed by atoms with Gasteiger partial charge in [0.15, 0.2) is 0 Å². The number of para-hydroxylation sites is 3. The molecule has 0 radical (unpaired) electrons. The van der Waals surface area contributed by atoms with Gasteiger partial charge in [-0.3, -0.25) is 9.59 Å². The lowest BCUT2D eigenvalue weighted by Crippen LogP contribution is -2.54. The van der Waals surface area contributed by atoms with Gasteiger partial charge in [-0.05, 0) is 42.8 Å². The Morgan fingerprint density at radius 1 is 1.15 bits per heavy atom. The number of carbonyl (C=O) groups excluding carboxylic acids is 2. The fourth-order valence-corrected chi connectivity index (χ4v) is 4.65. The van der Waals surface area contributed by atoms with E-state index in [4.69, 9.17) is 9.84 Å². The molecule has 5 rings (SSSR count). The Labute approximate surface area is 225 Å². The molecule has 2 heterocycles. The number of amides is 2. The highest BCUT2D eigenvalue weighted by molar-refractivity contribution is 6.02. The number of benzene rings is 3. The first kappa shape index (κ1) is 25.9. The molecule has 0 saturated heterocycles. The van der Waals surface area contributed by atoms with Crippen LogP contribution in [0, 0.1) is 11.3 Å². The summed E-state index contributed by atoms with van der Waals surface area (Å²) < 4.78 is 7.68. The van der Waals surface area contributed by atoms with Crippen molar-refractivity contribution in [3.63, 3.8) is 0 Å². The van der Waals surface area contributed by atoms with Gasteiger partial charge in [0.1, 0.15) is 24.5 Å². The van der Waals surface area contributed by atoms with Crippen LogP contribution in [0.3, 0.4) is 0 Å². The minimum absolute atomic E-state index is 0.0160. The van der Waals surface area contributed by atoms with Crippen LogP contribution in [-0.4, -0.2) is 58.5 Å². The van der Waals surface area contributed by atoms with E-state index in [1.807, 2.05) is 54.6 Å². The number of aliphatic hydroxyl groups excluding tert-OH is 1. The molecule has 0 fully saturated rings. The van der Waals surface area contributed by atoms with Crippen LogP contribution in [0.4, 0.5) is 5.69 Å². The third-order valence-electron chi connectivity index (χ3n) is 6.68. The molecule has 0 bridgehead atoms. The Kier molecular flexibility index (Phi) is 7.54. The predicted molar refractivity (Wildman–Crippen MR) is 145 cm³/mol. The molecule has 1 aromatic heterocycles. The Morgan fingerprint density at radius 3 is 2.72 bits per heavy atom. The number of nitriles is 1. The molecule has 3 aromatic carbocycles. The molecule has 2 amide bonds. The third-order valence-corrected chi connectivity index (χ3v) is 6.68. The van der Waals surface area contributed by atoms with Gasteiger partial charge in [0.25, 0.3) is 5.91 Å². The highest BCUT2D eigenvalue weighted by Crippen LogP contribution is 2.33. The number of nitrogens with one attached hydrogen (secondary N) is 2. The zero-order valence-corrected chi connectivity index (χ0v) is 21.4. The summed E-state index contributed by atoms with van der Waals surface area (Å²) in [5, 5.41) is 29.7. The second kappa shape index (κ2) is 11.3. The maximum absolute atomic E-state index is 13.8. The zero-order chi connectivity index (χ0) is 27.4. The maximum Gasteiger partial charge on any atom is 0.253 e. The molecule has 10 nitrogen and oxygen atoms in total. The first-order chi connectivity index (χ1) is 19.0. The van der Waals surface area contributed by atoms with Gasteiger partial charge in [0.2, 0.25) is 5.91 Å². The van der Waals surface area contributed by atoms with Crippen molar-refractivity contribution in [3.8, 4) is 17.5 Å². The largest absolute Gasteiger partial charge is 0.489 e. The molecule has 10 heteroatoms. The van der Waals surface area contributed by atoms with Crippen molar-refractivity contribution < 1.29 is 19.4 Å². The number of ether oxygens (including phenoxy) is 1. The van der Waals surface area contributed by atoms with Crippen LogP contribution in [-0.2, 0) is 16.1 Å². The minimum atomic E-state index is -0.910. The van der Waals surface area contributed by atoms with Crippen LogP contribution in [0.5, 0.6) is 5.75 Å². The Morgan fingerprint density at radius 2 is 1.92 bits per heavy atom. The average Bonchev–Trinajstić information content (AvgIpc) is 3.36. The highest BCUT2D eigenvalue weighted by Gasteiger charge is 2.33. The number of rotatable bonds is 8. The van der Waals surface area contributed by atoms with Gasteiger partial charge in [0, 0.05) is 11.9 Å². The Hall–Kier alpha value is -4.72. The molecule has 1 aliphatic rings. The van der Waals surface area contributed by atoms with Gasteiger partial charge in [-0.25, -0.2) is 4.68 Å². The van der Waals surface area contributed by atoms with E-state index < -0.39 is 12.1 Å². The van der Waals surface area contributed by atoms with Crippen molar-refractivity contribution in [1.29, 1.82) is 5.26 Å². The SMILES string of the molecule is CC(NCCO)C(=O)NC1COc2ccccc2N(Cc2cccc3c2cnn3-c2ccccc2C#N)C1=O. The van der Waals surface area contributed by atoms with E-state index in [1.54, 1.807) is 34.8 Å². The zero-order valence-electron chi connectivity index (χ0n) is 21.4. The third kappa shape index (κ3) is 5.18. The van der Waals surface area contributed by atoms with Crippen molar-refractivity contribution >= 4 is 28.4 Å². The summed E-state index contributed by atoms with van der Waals surface area (Å²) in [7, 11) is 0. The number of aromatic nitrogens is 2. The topological polar surface area (TPSA) is 133 Å². The number of anilines is 1. The van der Waals surface area contributed by atoms with Gasteiger partial charge >= 0.3 is 0 Å². The fraction of sp³-hybridized carbons (Fsp3) is 0.241. The molecule has 0 aliphatic carbocycles. The smallest absolute Gasteiger partial charge is 0.253 e. The van der Waals surface area contributed by atoms with Crippen LogP contribution in [0.15, 0.2) is 72.9 Å². The van der Waals surface area contributed by atoms with E-state index in [9.17, 15) is 14.9 Å². The second-order valence-corrected chi connectivity index (χ2v) is 9.20. The number of hydrogen-bond donors (Lipinski definition) is 3. The van der Waals surface area contributed by atoms with Crippen LogP contribution in [0.2, 0.25) is 0 Å². The van der Waals surface area contributed by atoms with Crippen molar-refractivity contribution in [1.82, 2.24) is 20.4 Å². The summed E-state index contributed by atoms with van der Waals surface area (Å²) >= 11 is 0. The number of fused-ring (bicyclic) bond motifs is 2. The molecular formula is C29H28N6O4. The lowest BCUT2D eigenvalue weighted by atomic mass is 10.1. The van der Waals surface area contributed by atoms with Crippen molar-refractivity contribution in [2.75, 3.05) is 24.7 Å². The maximum atomic E-state index is 13.8. The van der Waals surface area contributed by atoms with Crippen LogP contribution in [0.1, 0.15) is 18.1 Å². The summed E-state index contributed by atoms with van der Waals surface area (Å²) in [6.45, 7) is 2.03. The molecule has 198 valence electrons. The van der Waals surface area contributed by atoms with Crippen LogP contribution >= 0.6 is 0 Å². The minimum Gasteiger partial charge on any atom is -0.489 e. The fourth-order valence-electron chi connectivity index (χ4n) is 4.65. The van der Waals surface area contributed by atoms with Crippen molar-refractivity contribution in [2.45, 2.75) is 25.6 Å². The molecule has 39 heavy (non-hydrogen) atoms. The lowest BCUT2D eigenvalue weighted by molar-refractivity contribution is -0.129. The summed E-state index contributed by atoms with van der Waals surface area (Å²) in [6.07, 6.45) is 1.73. The molecule has 2 atom stereocenters. The molecule has 0 spiro atoms. The summed E-state index contributed by atoms with van der Waals surface area (Å²) in [4.78, 5) is 28.2. The standard InChI is InChI=1S/C29H28N6O4/c1-19(31-13-14-36)28(37)33-23-18-39-27-12-5-4-10-26(27)34(29(23)38)17-21-8-6-11-25-22(21)16-32-35(25)24-9-3-2-7-20(24)15-30/h2-12,16,19,23,31,36H,13-14,17-18H2,1H3,(H,33,37).